The Hall–Kier alpha value is 0.350. The number of hydrogen-bond donors (Lipinski definition) is 2. The first kappa shape index (κ1) is 3.54. The summed E-state index contributed by atoms with van der Waals surface area (Å²) in [4.78, 5) is 0. The summed E-state index contributed by atoms with van der Waals surface area (Å²) in [5.74, 6) is 0. The molecule has 0 aliphatic carbocycles. The van der Waals surface area contributed by atoms with Crippen LogP contribution in [0.25, 0.3) is 0 Å². The zero-order valence-corrected chi connectivity index (χ0v) is 3.91. The number of rotatable bonds is 0. The Morgan fingerprint density at radius 1 is 1.20 bits per heavy atom. The molecule has 1 aliphatic heterocycles. The maximum Gasteiger partial charge on any atom is 0.0184 e. The van der Waals surface area contributed by atoms with Crippen LogP contribution in [0.4, 0.5) is 0 Å². The molecule has 0 atom stereocenters. The van der Waals surface area contributed by atoms with E-state index in [0.717, 1.165) is 22.0 Å². The molecule has 2 nitrogen and oxygen atoms in total. The molecule has 0 aromatic heterocycles. The molecule has 30 valence electrons. The summed E-state index contributed by atoms with van der Waals surface area (Å²) in [7, 11) is 0.809. The second-order valence-electron chi connectivity index (χ2n) is 0.979. The maximum absolute atomic E-state index is 3.14. The van der Waals surface area contributed by atoms with Gasteiger partial charge in [-0.25, -0.2) is 0 Å². The molecular formula is C2H7N2P. The van der Waals surface area contributed by atoms with Crippen molar-refractivity contribution in [2.24, 2.45) is 0 Å². The summed E-state index contributed by atoms with van der Waals surface area (Å²) in [6.07, 6.45) is 0. The van der Waals surface area contributed by atoms with Crippen LogP contribution in [0.5, 0.6) is 0 Å². The third-order valence-corrected chi connectivity index (χ3v) is 1.41. The van der Waals surface area contributed by atoms with Crippen LogP contribution in [0.3, 0.4) is 0 Å². The van der Waals surface area contributed by atoms with E-state index in [-0.39, 0.29) is 0 Å². The quantitative estimate of drug-likeness (QED) is 0.398. The van der Waals surface area contributed by atoms with Crippen molar-refractivity contribution in [2.75, 3.05) is 13.1 Å². The smallest absolute Gasteiger partial charge is 0.0184 e. The predicted molar refractivity (Wildman–Crippen MR) is 24.3 cm³/mol. The van der Waals surface area contributed by atoms with Gasteiger partial charge >= 0.3 is 0 Å². The Kier molecular flexibility index (Phi) is 1.21. The first-order valence-electron chi connectivity index (χ1n) is 1.71. The van der Waals surface area contributed by atoms with E-state index in [1.165, 1.54) is 0 Å². The fraction of sp³-hybridized carbons (Fsp3) is 1.00. The molecule has 1 saturated heterocycles. The van der Waals surface area contributed by atoms with Gasteiger partial charge in [-0.1, -0.05) is 0 Å². The molecule has 5 heavy (non-hydrogen) atoms. The van der Waals surface area contributed by atoms with Gasteiger partial charge in [0, 0.05) is 22.0 Å². The average Bonchev–Trinajstić information content (AvgIpc) is 1.76. The minimum atomic E-state index is 0.809. The first-order chi connectivity index (χ1) is 2.50. The van der Waals surface area contributed by atoms with Crippen LogP contribution in [0.1, 0.15) is 0 Å². The highest BCUT2D eigenvalue weighted by molar-refractivity contribution is 7.33. The normalized spacial score (nSPS) is 24.0. The van der Waals surface area contributed by atoms with Gasteiger partial charge < -0.3 is 0 Å². The SMILES string of the molecule is C1CNPN1. The van der Waals surface area contributed by atoms with Gasteiger partial charge in [0.25, 0.3) is 0 Å². The van der Waals surface area contributed by atoms with E-state index in [9.17, 15) is 0 Å². The van der Waals surface area contributed by atoms with E-state index in [1.807, 2.05) is 0 Å². The second kappa shape index (κ2) is 1.71. The summed E-state index contributed by atoms with van der Waals surface area (Å²) >= 11 is 0. The lowest BCUT2D eigenvalue weighted by atomic mass is 10.7. The fourth-order valence-electron chi connectivity index (χ4n) is 0.312. The monoisotopic (exact) mass is 90.0 g/mol. The van der Waals surface area contributed by atoms with Crippen molar-refractivity contribution in [3.8, 4) is 0 Å². The molecule has 1 rings (SSSR count). The van der Waals surface area contributed by atoms with Crippen LogP contribution >= 0.6 is 8.88 Å². The molecule has 0 unspecified atom stereocenters. The highest BCUT2D eigenvalue weighted by atomic mass is 31.1. The molecule has 1 aliphatic rings. The predicted octanol–water partition coefficient (Wildman–Crippen LogP) is -0.312. The molecule has 0 radical (unpaired) electrons. The number of nitrogens with one attached hydrogen (secondary N) is 2. The van der Waals surface area contributed by atoms with Gasteiger partial charge in [-0.2, -0.15) is 0 Å². The maximum atomic E-state index is 3.14. The van der Waals surface area contributed by atoms with Crippen LogP contribution in [-0.4, -0.2) is 13.1 Å². The Morgan fingerprint density at radius 2 is 1.80 bits per heavy atom. The van der Waals surface area contributed by atoms with E-state index in [1.54, 1.807) is 0 Å². The summed E-state index contributed by atoms with van der Waals surface area (Å²) in [6, 6.07) is 0. The molecule has 2 N–H and O–H groups in total. The third kappa shape index (κ3) is 0.839. The van der Waals surface area contributed by atoms with Crippen LogP contribution in [0, 0.1) is 0 Å². The van der Waals surface area contributed by atoms with Crippen molar-refractivity contribution in [1.29, 1.82) is 0 Å². The van der Waals surface area contributed by atoms with Crippen molar-refractivity contribution < 1.29 is 0 Å². The van der Waals surface area contributed by atoms with Gasteiger partial charge in [0.15, 0.2) is 0 Å². The van der Waals surface area contributed by atoms with Crippen molar-refractivity contribution in [2.45, 2.75) is 0 Å². The van der Waals surface area contributed by atoms with Crippen LogP contribution in [0.2, 0.25) is 0 Å². The topological polar surface area (TPSA) is 24.1 Å². The Bertz CT molecular complexity index is 19.2. The third-order valence-electron chi connectivity index (χ3n) is 0.552. The molecule has 0 amide bonds. The minimum absolute atomic E-state index is 0.809. The van der Waals surface area contributed by atoms with Crippen LogP contribution in [0.15, 0.2) is 0 Å². The van der Waals surface area contributed by atoms with Gasteiger partial charge in [0.1, 0.15) is 0 Å². The van der Waals surface area contributed by atoms with Crippen LogP contribution in [-0.2, 0) is 0 Å². The molecule has 1 heterocycles. The summed E-state index contributed by atoms with van der Waals surface area (Å²) < 4.78 is 0. The zero-order chi connectivity index (χ0) is 3.54. The van der Waals surface area contributed by atoms with Crippen molar-refractivity contribution >= 4 is 8.88 Å². The van der Waals surface area contributed by atoms with E-state index in [2.05, 4.69) is 10.2 Å². The van der Waals surface area contributed by atoms with E-state index >= 15 is 0 Å². The average molecular weight is 90.1 g/mol. The van der Waals surface area contributed by atoms with Gasteiger partial charge in [0.2, 0.25) is 0 Å². The first-order valence-corrected chi connectivity index (χ1v) is 2.71. The Balaban J connectivity index is 2.08. The number of hydrogen-bond acceptors (Lipinski definition) is 2. The lowest BCUT2D eigenvalue weighted by molar-refractivity contribution is 0.942. The molecule has 0 spiro atoms. The molecule has 0 aromatic carbocycles. The van der Waals surface area contributed by atoms with Crippen molar-refractivity contribution in [3.05, 3.63) is 0 Å². The Morgan fingerprint density at radius 3 is 2.00 bits per heavy atom. The Labute approximate surface area is 33.2 Å². The highest BCUT2D eigenvalue weighted by Gasteiger charge is 1.90. The van der Waals surface area contributed by atoms with Gasteiger partial charge in [-0.3, -0.25) is 10.2 Å². The van der Waals surface area contributed by atoms with Crippen molar-refractivity contribution in [3.63, 3.8) is 0 Å². The lowest BCUT2D eigenvalue weighted by Gasteiger charge is -1.77. The zero-order valence-electron chi connectivity index (χ0n) is 2.91. The molecule has 0 aromatic rings. The molecule has 0 bridgehead atoms. The molecule has 0 saturated carbocycles. The summed E-state index contributed by atoms with van der Waals surface area (Å²) in [5.41, 5.74) is 0. The lowest BCUT2D eigenvalue weighted by Crippen LogP contribution is -1.99. The summed E-state index contributed by atoms with van der Waals surface area (Å²) in [6.45, 7) is 2.30. The van der Waals surface area contributed by atoms with E-state index < -0.39 is 0 Å². The van der Waals surface area contributed by atoms with Crippen LogP contribution < -0.4 is 10.2 Å². The largest absolute Gasteiger partial charge is 0.285 e. The summed E-state index contributed by atoms with van der Waals surface area (Å²) in [5, 5.41) is 6.28. The molecular weight excluding hydrogens is 83.0 g/mol. The van der Waals surface area contributed by atoms with Crippen molar-refractivity contribution in [1.82, 2.24) is 10.2 Å². The minimum Gasteiger partial charge on any atom is -0.285 e. The van der Waals surface area contributed by atoms with E-state index in [0.29, 0.717) is 0 Å². The van der Waals surface area contributed by atoms with Gasteiger partial charge in [-0.05, 0) is 0 Å². The second-order valence-corrected chi connectivity index (χ2v) is 1.94. The standard InChI is InChI=1S/C2H7N2P/c1-2-4-5-3-1/h3-5H,1-2H2. The van der Waals surface area contributed by atoms with E-state index in [4.69, 9.17) is 0 Å². The fourth-order valence-corrected chi connectivity index (χ4v) is 0.937. The highest BCUT2D eigenvalue weighted by Crippen LogP contribution is 1.96. The molecule has 1 fully saturated rings. The van der Waals surface area contributed by atoms with Gasteiger partial charge in [0.05, 0.1) is 0 Å². The molecule has 3 heteroatoms. The van der Waals surface area contributed by atoms with Gasteiger partial charge in [-0.15, -0.1) is 0 Å².